The predicted octanol–water partition coefficient (Wildman–Crippen LogP) is 1.60. The van der Waals surface area contributed by atoms with E-state index in [4.69, 9.17) is 20.0 Å². The number of rotatable bonds is 9. The number of nitrogen functional groups attached to an aromatic ring is 1. The van der Waals surface area contributed by atoms with Crippen LogP contribution in [0.4, 0.5) is 17.6 Å². The van der Waals surface area contributed by atoms with Crippen molar-refractivity contribution in [2.45, 2.75) is 0 Å². The van der Waals surface area contributed by atoms with Crippen LogP contribution in [-0.4, -0.2) is 89.1 Å². The van der Waals surface area contributed by atoms with Crippen LogP contribution in [0.2, 0.25) is 0 Å². The van der Waals surface area contributed by atoms with Crippen molar-refractivity contribution >= 4 is 23.2 Å². The highest BCUT2D eigenvalue weighted by molar-refractivity contribution is 5.61. The zero-order chi connectivity index (χ0) is 24.2. The van der Waals surface area contributed by atoms with E-state index in [0.29, 0.717) is 29.7 Å². The largest absolute Gasteiger partial charge is 0.491 e. The van der Waals surface area contributed by atoms with Gasteiger partial charge >= 0.3 is 0 Å². The molecule has 11 nitrogen and oxygen atoms in total. The van der Waals surface area contributed by atoms with Gasteiger partial charge in [0.05, 0.1) is 12.9 Å². The Morgan fingerprint density at radius 2 is 1.97 bits per heavy atom. The van der Waals surface area contributed by atoms with Gasteiger partial charge in [-0.1, -0.05) is 6.07 Å². The van der Waals surface area contributed by atoms with Crippen LogP contribution in [0.3, 0.4) is 0 Å². The number of aliphatic hydroxyl groups excluding tert-OH is 1. The maximum Gasteiger partial charge on any atom is 0.230 e. The molecule has 4 aromatic rings. The normalized spacial score (nSPS) is 14.5. The number of aromatic nitrogens is 4. The first-order chi connectivity index (χ1) is 17.1. The molecule has 35 heavy (non-hydrogen) atoms. The van der Waals surface area contributed by atoms with E-state index in [9.17, 15) is 0 Å². The van der Waals surface area contributed by atoms with Gasteiger partial charge in [0, 0.05) is 64.1 Å². The topological polar surface area (TPSA) is 121 Å². The van der Waals surface area contributed by atoms with Crippen LogP contribution in [-0.2, 0) is 0 Å². The van der Waals surface area contributed by atoms with Crippen LogP contribution in [0, 0.1) is 0 Å². The number of ether oxygens (including phenoxy) is 1. The van der Waals surface area contributed by atoms with Gasteiger partial charge in [-0.2, -0.15) is 19.6 Å². The minimum Gasteiger partial charge on any atom is -0.491 e. The molecule has 1 saturated heterocycles. The summed E-state index contributed by atoms with van der Waals surface area (Å²) in [6.07, 6.45) is 1.61. The van der Waals surface area contributed by atoms with E-state index >= 15 is 0 Å². The van der Waals surface area contributed by atoms with Crippen molar-refractivity contribution in [3.63, 3.8) is 0 Å². The molecular weight excluding hydrogens is 448 g/mol. The molecule has 3 N–H and O–H groups in total. The van der Waals surface area contributed by atoms with Gasteiger partial charge in [0.15, 0.2) is 11.4 Å². The van der Waals surface area contributed by atoms with Gasteiger partial charge in [-0.25, -0.2) is 0 Å². The number of anilines is 3. The molecular formula is C24H30N8O3. The summed E-state index contributed by atoms with van der Waals surface area (Å²) in [4.78, 5) is 15.9. The Morgan fingerprint density at radius 1 is 1.11 bits per heavy atom. The first-order valence-corrected chi connectivity index (χ1v) is 11.7. The fourth-order valence-electron chi connectivity index (χ4n) is 4.17. The average molecular weight is 479 g/mol. The van der Waals surface area contributed by atoms with E-state index in [2.05, 4.69) is 30.9 Å². The second-order valence-corrected chi connectivity index (χ2v) is 8.48. The molecule has 1 fully saturated rings. The quantitative estimate of drug-likeness (QED) is 0.367. The van der Waals surface area contributed by atoms with Gasteiger partial charge < -0.3 is 29.8 Å². The third kappa shape index (κ3) is 5.15. The number of aliphatic hydroxyl groups is 1. The Kier molecular flexibility index (Phi) is 6.68. The van der Waals surface area contributed by atoms with Crippen molar-refractivity contribution in [2.24, 2.45) is 0 Å². The number of nitrogens with two attached hydrogens (primary N) is 1. The third-order valence-corrected chi connectivity index (χ3v) is 6.12. The first-order valence-electron chi connectivity index (χ1n) is 11.7. The summed E-state index contributed by atoms with van der Waals surface area (Å²) in [5.41, 5.74) is 8.60. The zero-order valence-electron chi connectivity index (χ0n) is 19.7. The summed E-state index contributed by atoms with van der Waals surface area (Å²) in [6.45, 7) is 5.80. The van der Waals surface area contributed by atoms with Gasteiger partial charge in [0.25, 0.3) is 0 Å². The summed E-state index contributed by atoms with van der Waals surface area (Å²) >= 11 is 0. The molecule has 3 aromatic heterocycles. The highest BCUT2D eigenvalue weighted by Gasteiger charge is 2.19. The monoisotopic (exact) mass is 478 g/mol. The van der Waals surface area contributed by atoms with Crippen molar-refractivity contribution in [1.82, 2.24) is 24.5 Å². The van der Waals surface area contributed by atoms with Crippen molar-refractivity contribution in [3.05, 3.63) is 48.7 Å². The molecule has 4 heterocycles. The van der Waals surface area contributed by atoms with E-state index in [-0.39, 0.29) is 12.6 Å². The molecule has 0 aliphatic carbocycles. The van der Waals surface area contributed by atoms with Crippen molar-refractivity contribution in [1.29, 1.82) is 0 Å². The Hall–Kier alpha value is -3.83. The first kappa shape index (κ1) is 22.9. The highest BCUT2D eigenvalue weighted by atomic mass is 16.5. The molecule has 1 aromatic carbocycles. The smallest absolute Gasteiger partial charge is 0.230 e. The van der Waals surface area contributed by atoms with E-state index in [0.717, 1.165) is 50.7 Å². The molecule has 184 valence electrons. The molecule has 0 radical (unpaired) electrons. The van der Waals surface area contributed by atoms with Crippen LogP contribution in [0.5, 0.6) is 5.75 Å². The molecule has 11 heteroatoms. The molecule has 0 saturated carbocycles. The lowest BCUT2D eigenvalue weighted by molar-refractivity contribution is 0.201. The summed E-state index contributed by atoms with van der Waals surface area (Å²) in [5, 5.41) is 13.4. The van der Waals surface area contributed by atoms with Crippen LogP contribution in [0.25, 0.3) is 17.1 Å². The number of hydrogen-bond acceptors (Lipinski definition) is 10. The second-order valence-electron chi connectivity index (χ2n) is 8.48. The minimum absolute atomic E-state index is 0.0112. The highest BCUT2D eigenvalue weighted by Crippen LogP contribution is 2.23. The Labute approximate surface area is 203 Å². The summed E-state index contributed by atoms with van der Waals surface area (Å²) in [7, 11) is 1.98. The standard InChI is InChI=1S/C24H30N8O3/c1-29(24-26-22-17-20(21-6-3-14-35-21)28-32(22)23(25)27-24)7-8-30-9-11-31(12-10-30)18-4-2-5-19(16-18)34-15-13-33/h2-6,14,16-17,33H,7-13,15H2,1H3,(H2,25,26,27). The van der Waals surface area contributed by atoms with Gasteiger partial charge in [0.1, 0.15) is 18.1 Å². The van der Waals surface area contributed by atoms with Crippen molar-refractivity contribution < 1.29 is 14.3 Å². The predicted molar refractivity (Wildman–Crippen MR) is 134 cm³/mol. The van der Waals surface area contributed by atoms with Crippen molar-refractivity contribution in [3.8, 4) is 17.2 Å². The number of piperazine rings is 1. The number of benzene rings is 1. The Morgan fingerprint density at radius 3 is 2.74 bits per heavy atom. The Balaban J connectivity index is 1.16. The summed E-state index contributed by atoms with van der Waals surface area (Å²) in [5.74, 6) is 2.30. The summed E-state index contributed by atoms with van der Waals surface area (Å²) < 4.78 is 12.5. The Bertz CT molecular complexity index is 1250. The van der Waals surface area contributed by atoms with E-state index < -0.39 is 0 Å². The molecule has 0 unspecified atom stereocenters. The van der Waals surface area contributed by atoms with Crippen LogP contribution in [0.15, 0.2) is 53.1 Å². The maximum absolute atomic E-state index is 8.97. The molecule has 0 bridgehead atoms. The maximum atomic E-state index is 8.97. The van der Waals surface area contributed by atoms with Crippen LogP contribution in [0.1, 0.15) is 0 Å². The molecule has 0 spiro atoms. The van der Waals surface area contributed by atoms with E-state index in [1.54, 1.807) is 6.26 Å². The number of likely N-dealkylation sites (N-methyl/N-ethyl adjacent to an activating group) is 1. The average Bonchev–Trinajstić information content (AvgIpc) is 3.57. The fourth-order valence-corrected chi connectivity index (χ4v) is 4.17. The van der Waals surface area contributed by atoms with E-state index in [1.165, 1.54) is 4.52 Å². The minimum atomic E-state index is 0.0112. The fraction of sp³-hybridized carbons (Fsp3) is 0.375. The number of nitrogens with zero attached hydrogens (tertiary/aromatic N) is 7. The SMILES string of the molecule is CN(CCN1CCN(c2cccc(OCCO)c2)CC1)c1nc(N)n2nc(-c3ccco3)cc2n1. The molecule has 0 amide bonds. The molecule has 1 aliphatic heterocycles. The van der Waals surface area contributed by atoms with Crippen LogP contribution < -0.4 is 20.3 Å². The number of furan rings is 1. The molecule has 5 rings (SSSR count). The second kappa shape index (κ2) is 10.2. The third-order valence-electron chi connectivity index (χ3n) is 6.12. The summed E-state index contributed by atoms with van der Waals surface area (Å²) in [6, 6.07) is 13.5. The molecule has 1 aliphatic rings. The lowest BCUT2D eigenvalue weighted by Crippen LogP contribution is -2.48. The number of hydrogen-bond donors (Lipinski definition) is 2. The lowest BCUT2D eigenvalue weighted by atomic mass is 10.2. The van der Waals surface area contributed by atoms with Gasteiger partial charge in [-0.05, 0) is 24.3 Å². The van der Waals surface area contributed by atoms with Gasteiger partial charge in [-0.15, -0.1) is 0 Å². The number of fused-ring (bicyclic) bond motifs is 1. The van der Waals surface area contributed by atoms with E-state index in [1.807, 2.05) is 48.3 Å². The van der Waals surface area contributed by atoms with Crippen LogP contribution >= 0.6 is 0 Å². The van der Waals surface area contributed by atoms with Gasteiger partial charge in [-0.3, -0.25) is 4.90 Å². The molecule has 0 atom stereocenters. The van der Waals surface area contributed by atoms with Gasteiger partial charge in [0.2, 0.25) is 11.9 Å². The lowest BCUT2D eigenvalue weighted by Gasteiger charge is -2.36. The zero-order valence-corrected chi connectivity index (χ0v) is 19.7. The van der Waals surface area contributed by atoms with Crippen molar-refractivity contribution in [2.75, 3.05) is 75.1 Å².